The Bertz CT molecular complexity index is 1890. The molecule has 2 aliphatic heterocycles. The number of ether oxygens (including phenoxy) is 1. The van der Waals surface area contributed by atoms with Crippen LogP contribution in [0.5, 0.6) is 5.88 Å². The molecule has 49 heavy (non-hydrogen) atoms. The predicted octanol–water partition coefficient (Wildman–Crippen LogP) is 5.68. The van der Waals surface area contributed by atoms with Crippen LogP contribution in [0.2, 0.25) is 0 Å². The number of nitrogens with zero attached hydrogens (tertiary/aromatic N) is 2. The first-order valence-corrected chi connectivity index (χ1v) is 19.0. The molecular weight excluding hydrogens is 645 g/mol. The molecule has 0 bridgehead atoms. The number of pyridine rings is 1. The van der Waals surface area contributed by atoms with Crippen LogP contribution in [0.1, 0.15) is 69.8 Å². The highest BCUT2D eigenvalue weighted by Gasteiger charge is 2.61. The lowest BCUT2D eigenvalue weighted by molar-refractivity contribution is -0.142. The molecule has 2 amide bonds. The average molecular weight is 688 g/mol. The Morgan fingerprint density at radius 3 is 2.69 bits per heavy atom. The molecule has 2 saturated carbocycles. The van der Waals surface area contributed by atoms with Crippen LogP contribution in [0.15, 0.2) is 72.9 Å². The Labute approximate surface area is 286 Å². The molecule has 3 fully saturated rings. The van der Waals surface area contributed by atoms with Crippen molar-refractivity contribution in [3.05, 3.63) is 84.3 Å². The summed E-state index contributed by atoms with van der Waals surface area (Å²) in [6.07, 6.45) is 10.8. The van der Waals surface area contributed by atoms with Crippen LogP contribution >= 0.6 is 0 Å². The molecular formula is C38H42FN3O6S. The SMILES string of the molecule is O=C1C[C@]2(C(=O)NS(=O)(=O)C3CC3)C[C@@H]2/C=C\CCCCC[C@H](Cc2cccc(F)c2)C(=O)N2C[C@H](Oc3nccc4ccccc34)C[C@@H]12. The molecule has 3 aromatic rings. The van der Waals surface area contributed by atoms with E-state index in [9.17, 15) is 27.2 Å². The monoisotopic (exact) mass is 687 g/mol. The van der Waals surface area contributed by atoms with Crippen molar-refractivity contribution in [2.24, 2.45) is 17.3 Å². The van der Waals surface area contributed by atoms with E-state index in [2.05, 4.69) is 9.71 Å². The first kappa shape index (κ1) is 33.4. The van der Waals surface area contributed by atoms with Gasteiger partial charge in [0.05, 0.1) is 23.3 Å². The largest absolute Gasteiger partial charge is 0.472 e. The number of amides is 2. The number of carbonyl (C=O) groups is 3. The Balaban J connectivity index is 1.20. The molecule has 2 aromatic carbocycles. The molecule has 2 aliphatic carbocycles. The van der Waals surface area contributed by atoms with E-state index in [0.29, 0.717) is 43.5 Å². The van der Waals surface area contributed by atoms with Crippen LogP contribution in [-0.2, 0) is 30.8 Å². The molecule has 1 N–H and O–H groups in total. The number of Topliss-reactive ketones (excluding diaryl/α,β-unsaturated/α-hetero) is 1. The van der Waals surface area contributed by atoms with Crippen LogP contribution in [0.3, 0.4) is 0 Å². The molecule has 0 unspecified atom stereocenters. The van der Waals surface area contributed by atoms with Crippen molar-refractivity contribution >= 4 is 38.4 Å². The lowest BCUT2D eigenvalue weighted by atomic mass is 9.90. The number of aromatic nitrogens is 1. The van der Waals surface area contributed by atoms with Gasteiger partial charge in [0, 0.05) is 30.3 Å². The fourth-order valence-corrected chi connectivity index (χ4v) is 9.00. The minimum atomic E-state index is -3.81. The molecule has 11 heteroatoms. The zero-order valence-electron chi connectivity index (χ0n) is 27.4. The summed E-state index contributed by atoms with van der Waals surface area (Å²) in [6.45, 7) is 0.151. The molecule has 5 atom stereocenters. The van der Waals surface area contributed by atoms with Crippen molar-refractivity contribution in [1.29, 1.82) is 0 Å². The summed E-state index contributed by atoms with van der Waals surface area (Å²) in [7, 11) is -3.81. The van der Waals surface area contributed by atoms with Crippen molar-refractivity contribution in [1.82, 2.24) is 14.6 Å². The number of allylic oxidation sites excluding steroid dienone is 2. The van der Waals surface area contributed by atoms with Gasteiger partial charge in [0.2, 0.25) is 27.7 Å². The van der Waals surface area contributed by atoms with Gasteiger partial charge in [-0.25, -0.2) is 17.8 Å². The summed E-state index contributed by atoms with van der Waals surface area (Å²) in [5.74, 6) is -1.84. The molecule has 0 spiro atoms. The van der Waals surface area contributed by atoms with Gasteiger partial charge in [0.25, 0.3) is 0 Å². The Kier molecular flexibility index (Phi) is 9.30. The van der Waals surface area contributed by atoms with Crippen molar-refractivity contribution in [3.8, 4) is 5.88 Å². The van der Waals surface area contributed by atoms with Gasteiger partial charge in [-0.1, -0.05) is 55.3 Å². The second-order valence-corrected chi connectivity index (χ2v) is 16.2. The molecule has 0 radical (unpaired) electrons. The Morgan fingerprint density at radius 1 is 1.04 bits per heavy atom. The molecule has 3 heterocycles. The van der Waals surface area contributed by atoms with Gasteiger partial charge in [-0.2, -0.15) is 0 Å². The zero-order chi connectivity index (χ0) is 34.2. The maximum absolute atomic E-state index is 14.5. The van der Waals surface area contributed by atoms with Crippen molar-refractivity contribution in [2.45, 2.75) is 88.0 Å². The normalized spacial score (nSPS) is 28.6. The second-order valence-electron chi connectivity index (χ2n) is 14.2. The summed E-state index contributed by atoms with van der Waals surface area (Å²) >= 11 is 0. The van der Waals surface area contributed by atoms with Crippen molar-refractivity contribution < 1.29 is 31.9 Å². The van der Waals surface area contributed by atoms with Gasteiger partial charge in [0.15, 0.2) is 5.78 Å². The first-order chi connectivity index (χ1) is 23.6. The van der Waals surface area contributed by atoms with E-state index in [1.807, 2.05) is 48.6 Å². The number of hydrogen-bond donors (Lipinski definition) is 1. The summed E-state index contributed by atoms with van der Waals surface area (Å²) in [4.78, 5) is 48.7. The van der Waals surface area contributed by atoms with Gasteiger partial charge >= 0.3 is 0 Å². The maximum Gasteiger partial charge on any atom is 0.240 e. The van der Waals surface area contributed by atoms with Crippen molar-refractivity contribution in [3.63, 3.8) is 0 Å². The second kappa shape index (κ2) is 13.7. The molecule has 1 saturated heterocycles. The molecule has 258 valence electrons. The van der Waals surface area contributed by atoms with E-state index in [0.717, 1.165) is 36.5 Å². The van der Waals surface area contributed by atoms with E-state index in [4.69, 9.17) is 4.74 Å². The molecule has 9 nitrogen and oxygen atoms in total. The minimum Gasteiger partial charge on any atom is -0.472 e. The van der Waals surface area contributed by atoms with Gasteiger partial charge < -0.3 is 9.64 Å². The van der Waals surface area contributed by atoms with E-state index < -0.39 is 44.7 Å². The lowest BCUT2D eigenvalue weighted by Crippen LogP contribution is -2.46. The summed E-state index contributed by atoms with van der Waals surface area (Å²) in [5.41, 5.74) is -0.482. The fourth-order valence-electron chi connectivity index (χ4n) is 7.61. The van der Waals surface area contributed by atoms with Crippen LogP contribution in [-0.4, -0.2) is 59.8 Å². The highest BCUT2D eigenvalue weighted by atomic mass is 32.2. The van der Waals surface area contributed by atoms with Crippen LogP contribution < -0.4 is 9.46 Å². The zero-order valence-corrected chi connectivity index (χ0v) is 28.2. The summed E-state index contributed by atoms with van der Waals surface area (Å²) in [5, 5.41) is 1.19. The fraction of sp³-hybridized carbons (Fsp3) is 0.474. The van der Waals surface area contributed by atoms with Gasteiger partial charge in [-0.3, -0.25) is 19.1 Å². The summed E-state index contributed by atoms with van der Waals surface area (Å²) < 4.78 is 48.5. The number of hydrogen-bond acceptors (Lipinski definition) is 7. The maximum atomic E-state index is 14.5. The molecule has 1 aromatic heterocycles. The van der Waals surface area contributed by atoms with E-state index >= 15 is 0 Å². The van der Waals surface area contributed by atoms with E-state index in [1.54, 1.807) is 17.2 Å². The van der Waals surface area contributed by atoms with E-state index in [1.165, 1.54) is 12.1 Å². The highest BCUT2D eigenvalue weighted by Crippen LogP contribution is 2.57. The third-order valence-corrected chi connectivity index (χ3v) is 12.4. The van der Waals surface area contributed by atoms with Crippen molar-refractivity contribution in [2.75, 3.05) is 6.54 Å². The number of carbonyl (C=O) groups excluding carboxylic acids is 3. The van der Waals surface area contributed by atoms with Crippen LogP contribution in [0.4, 0.5) is 4.39 Å². The number of nitrogens with one attached hydrogen (secondary N) is 1. The van der Waals surface area contributed by atoms with Gasteiger partial charge in [-0.05, 0) is 86.1 Å². The molecule has 7 rings (SSSR count). The average Bonchev–Trinajstić information content (AvgIpc) is 4.00. The standard InChI is InChI=1S/C38H42FN3O6S/c39-29-13-8-9-25(20-29)19-27-11-4-2-1-3-5-12-28-22-38(28,37(45)41-49(46,47)31-15-16-31)23-34(43)33-21-30(24-42(33)36(27)44)48-35-32-14-7-6-10-26(32)17-18-40-35/h5-10,12-14,17-18,20,27-28,30-31,33H,1-4,11,15-16,19,21-24H2,(H,41,45)/b12-5-/t27-,28+,30-,33+,38-/m1/s1. The van der Waals surface area contributed by atoms with Crippen LogP contribution in [0.25, 0.3) is 10.8 Å². The third-order valence-electron chi connectivity index (χ3n) is 10.6. The number of sulfonamides is 1. The number of rotatable bonds is 7. The Hall–Kier alpha value is -4.12. The number of fused-ring (bicyclic) bond motifs is 3. The first-order valence-electron chi connectivity index (χ1n) is 17.4. The van der Waals surface area contributed by atoms with Gasteiger partial charge in [-0.15, -0.1) is 0 Å². The Morgan fingerprint density at radius 2 is 1.88 bits per heavy atom. The predicted molar refractivity (Wildman–Crippen MR) is 182 cm³/mol. The van der Waals surface area contributed by atoms with E-state index in [-0.39, 0.29) is 42.8 Å². The smallest absolute Gasteiger partial charge is 0.240 e. The highest BCUT2D eigenvalue weighted by molar-refractivity contribution is 7.90. The van der Waals surface area contributed by atoms with Crippen LogP contribution in [0, 0.1) is 23.1 Å². The number of halogens is 1. The third kappa shape index (κ3) is 7.27. The molecule has 4 aliphatic rings. The number of benzene rings is 2. The quantitative estimate of drug-likeness (QED) is 0.318. The lowest BCUT2D eigenvalue weighted by Gasteiger charge is -2.29. The van der Waals surface area contributed by atoms with Gasteiger partial charge in [0.1, 0.15) is 11.9 Å². The topological polar surface area (TPSA) is 123 Å². The summed E-state index contributed by atoms with van der Waals surface area (Å²) in [6, 6.07) is 15.0. The number of ketones is 1. The minimum absolute atomic E-state index is 0.151.